The first-order valence-electron chi connectivity index (χ1n) is 15.9. The largest absolute Gasteiger partial charge is 0.508 e. The van der Waals surface area contributed by atoms with Crippen molar-refractivity contribution in [3.63, 3.8) is 0 Å². The number of phenols is 1. The second-order valence-electron chi connectivity index (χ2n) is 13.0. The fourth-order valence-electron chi connectivity index (χ4n) is 8.36. The molecular weight excluding hydrogens is 602 g/mol. The molecule has 4 aromatic rings. The Kier molecular flexibility index (Phi) is 6.79. The minimum atomic E-state index is -1.03. The predicted octanol–water partition coefficient (Wildman–Crippen LogP) is 5.56. The molecule has 1 aromatic heterocycles. The van der Waals surface area contributed by atoms with E-state index in [2.05, 4.69) is 20.2 Å². The van der Waals surface area contributed by atoms with Crippen LogP contribution in [0, 0.1) is 17.5 Å². The van der Waals surface area contributed by atoms with E-state index >= 15 is 8.78 Å². The highest BCUT2D eigenvalue weighted by Crippen LogP contribution is 2.44. The van der Waals surface area contributed by atoms with Crippen LogP contribution in [0.1, 0.15) is 44.6 Å². The summed E-state index contributed by atoms with van der Waals surface area (Å²) in [6.07, 6.45) is 2.48. The molecule has 3 aromatic carbocycles. The molecule has 8 nitrogen and oxygen atoms in total. The van der Waals surface area contributed by atoms with E-state index in [4.69, 9.17) is 4.74 Å². The van der Waals surface area contributed by atoms with Crippen molar-refractivity contribution in [1.82, 2.24) is 20.2 Å². The van der Waals surface area contributed by atoms with Crippen LogP contribution in [0.2, 0.25) is 0 Å². The lowest BCUT2D eigenvalue weighted by atomic mass is 9.91. The number of alkyl halides is 1. The average Bonchev–Trinajstić information content (AvgIpc) is 3.67. The average molecular weight is 636 g/mol. The minimum Gasteiger partial charge on any atom is -0.508 e. The monoisotopic (exact) mass is 635 g/mol. The van der Waals surface area contributed by atoms with Crippen molar-refractivity contribution in [3.8, 4) is 22.9 Å². The van der Waals surface area contributed by atoms with Crippen LogP contribution in [0.5, 0.6) is 11.8 Å². The molecule has 2 bridgehead atoms. The topological polar surface area (TPSA) is 90.8 Å². The number of piperazine rings is 1. The summed E-state index contributed by atoms with van der Waals surface area (Å²) < 4.78 is 68.8. The lowest BCUT2D eigenvalue weighted by molar-refractivity contribution is -0.122. The molecule has 46 heavy (non-hydrogen) atoms. The summed E-state index contributed by atoms with van der Waals surface area (Å²) in [6, 6.07) is 5.64. The number of aryl methyl sites for hydroxylation is 1. The highest BCUT2D eigenvalue weighted by atomic mass is 19.1. The molecule has 1 amide bonds. The maximum absolute atomic E-state index is 16.9. The number of nitrogens with zero attached hydrogens (tertiary/aromatic N) is 4. The smallest absolute Gasteiger partial charge is 0.319 e. The molecule has 5 heterocycles. The van der Waals surface area contributed by atoms with Crippen LogP contribution in [0.15, 0.2) is 30.3 Å². The van der Waals surface area contributed by atoms with Gasteiger partial charge in [-0.05, 0) is 84.8 Å². The lowest BCUT2D eigenvalue weighted by Gasteiger charge is -2.36. The Bertz CT molecular complexity index is 1920. The second-order valence-corrected chi connectivity index (χ2v) is 13.0. The summed E-state index contributed by atoms with van der Waals surface area (Å²) in [4.78, 5) is 25.8. The van der Waals surface area contributed by atoms with E-state index in [9.17, 15) is 18.7 Å². The van der Waals surface area contributed by atoms with Crippen molar-refractivity contribution in [2.24, 2.45) is 0 Å². The van der Waals surface area contributed by atoms with Gasteiger partial charge in [-0.25, -0.2) is 17.6 Å². The Labute approximate surface area is 262 Å². The number of amides is 1. The maximum Gasteiger partial charge on any atom is 0.319 e. The zero-order valence-electron chi connectivity index (χ0n) is 25.3. The van der Waals surface area contributed by atoms with E-state index in [0.29, 0.717) is 37.7 Å². The zero-order chi connectivity index (χ0) is 31.9. The molecule has 2 unspecified atom stereocenters. The van der Waals surface area contributed by atoms with Crippen LogP contribution in [0.25, 0.3) is 32.8 Å². The SMILES string of the molecule is CCc1c(F)ccc2cc(O)cc(-c3c(F)cc4c(N5C6CCC5C(=O)NC6)nc(OC[C@@]56CCCN5C[C@H](F)C6)nc4c3F)c12. The Morgan fingerprint density at radius 3 is 2.80 bits per heavy atom. The standard InChI is InChI=1S/C34H33F4N5O3/c1-2-21-24(36)6-4-17-10-20(44)11-22(27(17)21)28-25(37)12-23-30(29(28)38)40-33(46-16-34-8-3-9-42(34)15-18(35)13-34)41-31(23)43-19-5-7-26(43)32(45)39-14-19/h4,6,10-12,18-19,26,44H,2-3,5,7-9,13-16H2,1H3,(H,39,45)/t18-,19?,26?,34+/m1/s1. The van der Waals surface area contributed by atoms with Crippen molar-refractivity contribution in [3.05, 3.63) is 53.3 Å². The van der Waals surface area contributed by atoms with Gasteiger partial charge >= 0.3 is 6.01 Å². The molecule has 8 rings (SSSR count). The fourth-order valence-corrected chi connectivity index (χ4v) is 8.36. The van der Waals surface area contributed by atoms with Crippen molar-refractivity contribution in [2.75, 3.05) is 31.1 Å². The van der Waals surface area contributed by atoms with Crippen LogP contribution in [0.4, 0.5) is 23.4 Å². The number of fused-ring (bicyclic) bond motifs is 5. The predicted molar refractivity (Wildman–Crippen MR) is 164 cm³/mol. The van der Waals surface area contributed by atoms with Crippen molar-refractivity contribution in [1.29, 1.82) is 0 Å². The molecular formula is C34H33F4N5O3. The van der Waals surface area contributed by atoms with Gasteiger partial charge in [0.05, 0.1) is 11.1 Å². The first-order valence-corrected chi connectivity index (χ1v) is 15.9. The molecule has 4 saturated heterocycles. The molecule has 4 aliphatic heterocycles. The number of halogens is 4. The van der Waals surface area contributed by atoms with Gasteiger partial charge in [-0.1, -0.05) is 13.0 Å². The molecule has 0 aliphatic carbocycles. The van der Waals surface area contributed by atoms with Crippen molar-refractivity contribution >= 4 is 33.4 Å². The van der Waals surface area contributed by atoms with Gasteiger partial charge in [0.1, 0.15) is 47.5 Å². The van der Waals surface area contributed by atoms with Gasteiger partial charge in [-0.2, -0.15) is 9.97 Å². The highest BCUT2D eigenvalue weighted by molar-refractivity contribution is 6.03. The van der Waals surface area contributed by atoms with E-state index in [1.165, 1.54) is 24.3 Å². The molecule has 0 radical (unpaired) electrons. The number of aromatic hydroxyl groups is 1. The normalized spacial score (nSPS) is 25.9. The number of aromatic nitrogens is 2. The van der Waals surface area contributed by atoms with Gasteiger partial charge in [0.25, 0.3) is 0 Å². The quantitative estimate of drug-likeness (QED) is 0.268. The van der Waals surface area contributed by atoms with E-state index < -0.39 is 40.8 Å². The summed E-state index contributed by atoms with van der Waals surface area (Å²) in [5.41, 5.74) is -0.972. The number of ether oxygens (including phenoxy) is 1. The first kappa shape index (κ1) is 29.2. The summed E-state index contributed by atoms with van der Waals surface area (Å²) in [7, 11) is 0. The molecule has 4 fully saturated rings. The van der Waals surface area contributed by atoms with Crippen LogP contribution >= 0.6 is 0 Å². The van der Waals surface area contributed by atoms with Crippen molar-refractivity contribution in [2.45, 2.75) is 69.2 Å². The van der Waals surface area contributed by atoms with Gasteiger partial charge in [0.15, 0.2) is 5.82 Å². The third-order valence-electron chi connectivity index (χ3n) is 10.4. The number of nitrogens with one attached hydrogen (secondary N) is 1. The molecule has 4 atom stereocenters. The third-order valence-corrected chi connectivity index (χ3v) is 10.4. The van der Waals surface area contributed by atoms with Gasteiger partial charge in [-0.15, -0.1) is 0 Å². The van der Waals surface area contributed by atoms with Crippen LogP contribution in [0.3, 0.4) is 0 Å². The van der Waals surface area contributed by atoms with Gasteiger partial charge in [0, 0.05) is 30.9 Å². The fraction of sp³-hybridized carbons (Fsp3) is 0.441. The van der Waals surface area contributed by atoms with E-state index in [-0.39, 0.29) is 70.0 Å². The summed E-state index contributed by atoms with van der Waals surface area (Å²) in [6.45, 7) is 3.28. The first-order chi connectivity index (χ1) is 22.2. The minimum absolute atomic E-state index is 0.0104. The molecule has 12 heteroatoms. The van der Waals surface area contributed by atoms with E-state index in [1.54, 1.807) is 11.8 Å². The molecule has 0 spiro atoms. The number of carbonyl (C=O) groups is 1. The van der Waals surface area contributed by atoms with Gasteiger partial charge in [0.2, 0.25) is 5.91 Å². The number of hydrogen-bond donors (Lipinski definition) is 2. The molecule has 240 valence electrons. The highest BCUT2D eigenvalue weighted by Gasteiger charge is 2.50. The van der Waals surface area contributed by atoms with Crippen LogP contribution in [-0.4, -0.2) is 75.9 Å². The van der Waals surface area contributed by atoms with Gasteiger partial charge in [-0.3, -0.25) is 9.69 Å². The number of hydrogen-bond acceptors (Lipinski definition) is 7. The third kappa shape index (κ3) is 4.39. The zero-order valence-corrected chi connectivity index (χ0v) is 25.3. The summed E-state index contributed by atoms with van der Waals surface area (Å²) >= 11 is 0. The summed E-state index contributed by atoms with van der Waals surface area (Å²) in [5.74, 6) is -2.74. The number of phenolic OH excluding ortho intramolecular Hbond substituents is 1. The van der Waals surface area contributed by atoms with Crippen LogP contribution < -0.4 is 15.0 Å². The number of rotatable bonds is 6. The molecule has 2 N–H and O–H groups in total. The number of benzene rings is 3. The second kappa shape index (κ2) is 10.7. The Hall–Kier alpha value is -4.19. The number of anilines is 1. The van der Waals surface area contributed by atoms with E-state index in [1.807, 2.05) is 0 Å². The molecule has 4 aliphatic rings. The van der Waals surface area contributed by atoms with Crippen molar-refractivity contribution < 1.29 is 32.2 Å². The lowest BCUT2D eigenvalue weighted by Crippen LogP contribution is -2.56. The van der Waals surface area contributed by atoms with E-state index in [0.717, 1.165) is 25.5 Å². The number of carbonyl (C=O) groups excluding carboxylic acids is 1. The Morgan fingerprint density at radius 1 is 1.13 bits per heavy atom. The summed E-state index contributed by atoms with van der Waals surface area (Å²) in [5, 5.41) is 14.2. The maximum atomic E-state index is 16.9. The Morgan fingerprint density at radius 2 is 1.98 bits per heavy atom. The Balaban J connectivity index is 1.33. The van der Waals surface area contributed by atoms with Gasteiger partial charge < -0.3 is 20.1 Å². The molecule has 0 saturated carbocycles. The van der Waals surface area contributed by atoms with Crippen LogP contribution in [-0.2, 0) is 11.2 Å².